The molecule has 0 bridgehead atoms. The van der Waals surface area contributed by atoms with Crippen molar-refractivity contribution in [2.75, 3.05) is 26.9 Å². The van der Waals surface area contributed by atoms with Crippen molar-refractivity contribution in [2.24, 2.45) is 0 Å². The number of rotatable bonds is 8. The molecule has 5 rings (SSSR count). The number of hydrogen-bond acceptors (Lipinski definition) is 14. The Morgan fingerprint density at radius 3 is 2.37 bits per heavy atom. The molecule has 0 saturated carbocycles. The summed E-state index contributed by atoms with van der Waals surface area (Å²) in [5.74, 6) is 0.239. The van der Waals surface area contributed by atoms with Gasteiger partial charge in [-0.3, -0.25) is 4.79 Å². The number of phenols is 1. The van der Waals surface area contributed by atoms with E-state index in [1.165, 1.54) is 19.2 Å². The predicted octanol–water partition coefficient (Wildman–Crippen LogP) is -1.18. The highest BCUT2D eigenvalue weighted by molar-refractivity contribution is 5.86. The van der Waals surface area contributed by atoms with Crippen molar-refractivity contribution in [3.63, 3.8) is 0 Å². The van der Waals surface area contributed by atoms with E-state index < -0.39 is 79.7 Å². The quantitative estimate of drug-likeness (QED) is 0.167. The van der Waals surface area contributed by atoms with Crippen molar-refractivity contribution in [3.05, 3.63) is 52.7 Å². The average Bonchev–Trinajstić information content (AvgIpc) is 3.25. The molecule has 1 aromatic heterocycles. The lowest BCUT2D eigenvalue weighted by molar-refractivity contribution is -0.289. The molecule has 2 saturated heterocycles. The summed E-state index contributed by atoms with van der Waals surface area (Å²) >= 11 is 0. The monoisotopic (exact) mass is 578 g/mol. The fourth-order valence-electron chi connectivity index (χ4n) is 4.62. The molecule has 41 heavy (non-hydrogen) atoms. The number of hydrogen-bond donors (Lipinski definition) is 7. The molecule has 0 aliphatic carbocycles. The van der Waals surface area contributed by atoms with Gasteiger partial charge in [0.1, 0.15) is 70.1 Å². The van der Waals surface area contributed by atoms with Crippen LogP contribution in [0.1, 0.15) is 0 Å². The second-order valence-corrected chi connectivity index (χ2v) is 9.87. The topological polar surface area (TPSA) is 218 Å². The van der Waals surface area contributed by atoms with Crippen molar-refractivity contribution in [1.82, 2.24) is 0 Å². The van der Waals surface area contributed by atoms with Gasteiger partial charge in [0.2, 0.25) is 6.29 Å². The van der Waals surface area contributed by atoms with Crippen LogP contribution >= 0.6 is 0 Å². The van der Waals surface area contributed by atoms with E-state index in [9.17, 15) is 40.5 Å². The van der Waals surface area contributed by atoms with Crippen molar-refractivity contribution in [2.45, 2.75) is 48.7 Å². The largest absolute Gasteiger partial charge is 0.507 e. The molecule has 0 amide bonds. The lowest BCUT2D eigenvalue weighted by Gasteiger charge is -2.40. The Kier molecular flexibility index (Phi) is 8.20. The van der Waals surface area contributed by atoms with Crippen LogP contribution < -0.4 is 14.9 Å². The minimum Gasteiger partial charge on any atom is -0.507 e. The van der Waals surface area contributed by atoms with Crippen LogP contribution in [-0.4, -0.2) is 111 Å². The Labute approximate surface area is 232 Å². The SMILES string of the molecule is COc1ccc(-c2cc(=O)c3c(O)cc(O[C@@H]4O[C@H](CO[C@@H]5OC[C@](O)(CO)[C@H]5O)[C@@H](O)[C@H](O)[C@H]4O)cc3o2)cc1. The number of phenolic OH excluding ortho intramolecular Hbond substituents is 1. The normalized spacial score (nSPS) is 31.8. The van der Waals surface area contributed by atoms with Gasteiger partial charge in [0.25, 0.3) is 0 Å². The van der Waals surface area contributed by atoms with Crippen LogP contribution in [0.3, 0.4) is 0 Å². The maximum Gasteiger partial charge on any atom is 0.229 e. The number of fused-ring (bicyclic) bond motifs is 1. The minimum absolute atomic E-state index is 0.0344. The lowest BCUT2D eigenvalue weighted by Crippen LogP contribution is -2.60. The summed E-state index contributed by atoms with van der Waals surface area (Å²) < 4.78 is 32.8. The van der Waals surface area contributed by atoms with E-state index in [0.717, 1.165) is 6.07 Å². The Bertz CT molecular complexity index is 1420. The van der Waals surface area contributed by atoms with Crippen LogP contribution in [-0.2, 0) is 14.2 Å². The van der Waals surface area contributed by atoms with Gasteiger partial charge in [0.15, 0.2) is 11.7 Å². The molecule has 8 atom stereocenters. The van der Waals surface area contributed by atoms with Crippen LogP contribution in [0.2, 0.25) is 0 Å². The maximum absolute atomic E-state index is 12.8. The molecule has 2 fully saturated rings. The summed E-state index contributed by atoms with van der Waals surface area (Å²) in [6.07, 6.45) is -11.0. The van der Waals surface area contributed by atoms with Gasteiger partial charge in [0.05, 0.1) is 26.9 Å². The van der Waals surface area contributed by atoms with E-state index >= 15 is 0 Å². The number of benzene rings is 2. The number of aliphatic hydroxyl groups excluding tert-OH is 5. The van der Waals surface area contributed by atoms with Gasteiger partial charge in [0, 0.05) is 23.8 Å². The summed E-state index contributed by atoms with van der Waals surface area (Å²) in [6.45, 7) is -1.66. The van der Waals surface area contributed by atoms with Gasteiger partial charge in [-0.05, 0) is 24.3 Å². The van der Waals surface area contributed by atoms with Crippen molar-refractivity contribution in [3.8, 4) is 28.6 Å². The zero-order valence-electron chi connectivity index (χ0n) is 21.7. The van der Waals surface area contributed by atoms with Gasteiger partial charge in [-0.15, -0.1) is 0 Å². The number of methoxy groups -OCH3 is 1. The zero-order valence-corrected chi connectivity index (χ0v) is 21.7. The van der Waals surface area contributed by atoms with Gasteiger partial charge in [-0.1, -0.05) is 0 Å². The molecule has 0 unspecified atom stereocenters. The van der Waals surface area contributed by atoms with Crippen LogP contribution in [0, 0.1) is 0 Å². The molecular weight excluding hydrogens is 548 g/mol. The highest BCUT2D eigenvalue weighted by Crippen LogP contribution is 2.34. The van der Waals surface area contributed by atoms with Crippen LogP contribution in [0.4, 0.5) is 0 Å². The Balaban J connectivity index is 1.35. The highest BCUT2D eigenvalue weighted by atomic mass is 16.7. The molecule has 222 valence electrons. The average molecular weight is 579 g/mol. The third-order valence-electron chi connectivity index (χ3n) is 7.08. The molecule has 3 heterocycles. The van der Waals surface area contributed by atoms with Crippen LogP contribution in [0.25, 0.3) is 22.3 Å². The standard InChI is InChI=1S/C27H30O14/c1-36-13-4-2-12(3-5-13)17-8-16(30)20-15(29)6-14(7-18(20)40-17)39-25-23(33)22(32)21(31)19(41-25)9-37-26-24(34)27(35,10-28)11-38-26/h2-8,19,21-26,28-29,31-35H,9-11H2,1H3/t19-,21-,22+,23-,24+,25-,26-,27-/m1/s1. The van der Waals surface area contributed by atoms with Crippen LogP contribution in [0.15, 0.2) is 51.7 Å². The van der Waals surface area contributed by atoms with Crippen molar-refractivity contribution < 1.29 is 63.8 Å². The summed E-state index contributed by atoms with van der Waals surface area (Å²) in [5, 5.41) is 71.3. The minimum atomic E-state index is -1.93. The summed E-state index contributed by atoms with van der Waals surface area (Å²) in [4.78, 5) is 12.8. The number of ether oxygens (including phenoxy) is 5. The van der Waals surface area contributed by atoms with Gasteiger partial charge < -0.3 is 63.8 Å². The van der Waals surface area contributed by atoms with Gasteiger partial charge in [-0.25, -0.2) is 0 Å². The first-order valence-corrected chi connectivity index (χ1v) is 12.6. The van der Waals surface area contributed by atoms with E-state index in [1.54, 1.807) is 24.3 Å². The van der Waals surface area contributed by atoms with Crippen molar-refractivity contribution in [1.29, 1.82) is 0 Å². The molecule has 3 aromatic rings. The molecule has 0 radical (unpaired) electrons. The van der Waals surface area contributed by atoms with E-state index in [4.69, 9.17) is 28.1 Å². The Morgan fingerprint density at radius 2 is 1.71 bits per heavy atom. The van der Waals surface area contributed by atoms with Crippen molar-refractivity contribution >= 4 is 11.0 Å². The molecule has 7 N–H and O–H groups in total. The maximum atomic E-state index is 12.8. The Hall–Kier alpha value is -3.31. The zero-order chi connectivity index (χ0) is 29.5. The van der Waals surface area contributed by atoms with E-state index in [1.807, 2.05) is 0 Å². The molecule has 2 aliphatic rings. The molecular formula is C27H30O14. The third-order valence-corrected chi connectivity index (χ3v) is 7.08. The molecule has 14 nitrogen and oxygen atoms in total. The molecule has 14 heteroatoms. The molecule has 2 aromatic carbocycles. The number of aliphatic hydroxyl groups is 6. The van der Waals surface area contributed by atoms with Gasteiger partial charge in [-0.2, -0.15) is 0 Å². The third kappa shape index (κ3) is 5.61. The number of aromatic hydroxyl groups is 1. The fourth-order valence-corrected chi connectivity index (χ4v) is 4.62. The molecule has 2 aliphatic heterocycles. The molecule has 0 spiro atoms. The first kappa shape index (κ1) is 29.2. The first-order chi connectivity index (χ1) is 19.5. The Morgan fingerprint density at radius 1 is 0.976 bits per heavy atom. The second-order valence-electron chi connectivity index (χ2n) is 9.87. The lowest BCUT2D eigenvalue weighted by atomic mass is 9.99. The predicted molar refractivity (Wildman–Crippen MR) is 137 cm³/mol. The van der Waals surface area contributed by atoms with E-state index in [2.05, 4.69) is 0 Å². The first-order valence-electron chi connectivity index (χ1n) is 12.6. The van der Waals surface area contributed by atoms with E-state index in [-0.39, 0.29) is 22.5 Å². The summed E-state index contributed by atoms with van der Waals surface area (Å²) in [7, 11) is 1.52. The van der Waals surface area contributed by atoms with E-state index in [0.29, 0.717) is 11.3 Å². The second kappa shape index (κ2) is 11.5. The highest BCUT2D eigenvalue weighted by Gasteiger charge is 2.50. The summed E-state index contributed by atoms with van der Waals surface area (Å²) in [6, 6.07) is 10.4. The smallest absolute Gasteiger partial charge is 0.229 e. The fraction of sp³-hybridized carbons (Fsp3) is 0.444. The summed E-state index contributed by atoms with van der Waals surface area (Å²) in [5.41, 5.74) is -1.92. The van der Waals surface area contributed by atoms with Gasteiger partial charge >= 0.3 is 0 Å². The van der Waals surface area contributed by atoms with Crippen LogP contribution in [0.5, 0.6) is 17.2 Å².